The number of ketones is 1. The molecule has 1 aromatic heterocycles. The average Bonchev–Trinajstić information content (AvgIpc) is 3.13. The number of anilines is 1. The maximum Gasteiger partial charge on any atom is 0.203 e. The van der Waals surface area contributed by atoms with Crippen molar-refractivity contribution >= 4 is 11.6 Å². The number of benzene rings is 2. The number of nitrogens with two attached hydrogens (primary N) is 1. The van der Waals surface area contributed by atoms with Crippen LogP contribution in [0, 0.1) is 0 Å². The van der Waals surface area contributed by atoms with Crippen molar-refractivity contribution < 1.29 is 23.7 Å². The van der Waals surface area contributed by atoms with Crippen molar-refractivity contribution in [1.29, 1.82) is 0 Å². The first-order chi connectivity index (χ1) is 13.5. The van der Waals surface area contributed by atoms with Crippen molar-refractivity contribution in [2.45, 2.75) is 0 Å². The van der Waals surface area contributed by atoms with Crippen LogP contribution in [0.25, 0.3) is 5.69 Å². The van der Waals surface area contributed by atoms with Gasteiger partial charge in [-0.25, -0.2) is 4.68 Å². The van der Waals surface area contributed by atoms with Gasteiger partial charge in [-0.3, -0.25) is 4.79 Å². The van der Waals surface area contributed by atoms with E-state index < -0.39 is 0 Å². The Balaban J connectivity index is 2.00. The van der Waals surface area contributed by atoms with Gasteiger partial charge in [-0.05, 0) is 36.4 Å². The van der Waals surface area contributed by atoms with Crippen molar-refractivity contribution in [3.05, 3.63) is 53.7 Å². The molecule has 0 aliphatic heterocycles. The van der Waals surface area contributed by atoms with Gasteiger partial charge >= 0.3 is 0 Å². The van der Waals surface area contributed by atoms with E-state index in [1.54, 1.807) is 43.5 Å². The lowest BCUT2D eigenvalue weighted by molar-refractivity contribution is 0.103. The standard InChI is InChI=1S/C20H21N3O5/c1-25-14-7-5-13(6-8-14)23-20(21)15(11-22-23)18(24)12-9-16(26-2)19(28-4)17(10-12)27-3/h5-11H,21H2,1-4H3. The van der Waals surface area contributed by atoms with Crippen molar-refractivity contribution in [3.8, 4) is 28.7 Å². The third-order valence-corrected chi connectivity index (χ3v) is 4.29. The highest BCUT2D eigenvalue weighted by Crippen LogP contribution is 2.39. The molecule has 3 rings (SSSR count). The highest BCUT2D eigenvalue weighted by molar-refractivity contribution is 6.12. The third kappa shape index (κ3) is 3.32. The summed E-state index contributed by atoms with van der Waals surface area (Å²) in [7, 11) is 6.06. The molecule has 2 N–H and O–H groups in total. The van der Waals surface area contributed by atoms with E-state index in [1.165, 1.54) is 32.2 Å². The molecule has 8 nitrogen and oxygen atoms in total. The van der Waals surface area contributed by atoms with Crippen LogP contribution in [-0.2, 0) is 0 Å². The summed E-state index contributed by atoms with van der Waals surface area (Å²) >= 11 is 0. The Bertz CT molecular complexity index is 971. The lowest BCUT2D eigenvalue weighted by atomic mass is 10.0. The first kappa shape index (κ1) is 19.1. The van der Waals surface area contributed by atoms with E-state index in [1.807, 2.05) is 0 Å². The summed E-state index contributed by atoms with van der Waals surface area (Å²) in [6.07, 6.45) is 1.44. The fraction of sp³-hybridized carbons (Fsp3) is 0.200. The first-order valence-corrected chi connectivity index (χ1v) is 8.36. The number of nitrogens with zero attached hydrogens (tertiary/aromatic N) is 2. The normalized spacial score (nSPS) is 10.4. The van der Waals surface area contributed by atoms with Crippen LogP contribution >= 0.6 is 0 Å². The molecular formula is C20H21N3O5. The number of nitrogen functional groups attached to an aromatic ring is 1. The quantitative estimate of drug-likeness (QED) is 0.627. The molecule has 0 aliphatic rings. The number of carbonyl (C=O) groups is 1. The Hall–Kier alpha value is -3.68. The van der Waals surface area contributed by atoms with Crippen molar-refractivity contribution in [1.82, 2.24) is 9.78 Å². The maximum atomic E-state index is 13.0. The van der Waals surface area contributed by atoms with Crippen LogP contribution in [-0.4, -0.2) is 44.0 Å². The summed E-state index contributed by atoms with van der Waals surface area (Å²) in [6.45, 7) is 0. The molecule has 0 atom stereocenters. The largest absolute Gasteiger partial charge is 0.497 e. The van der Waals surface area contributed by atoms with Crippen LogP contribution in [0.15, 0.2) is 42.6 Å². The molecule has 146 valence electrons. The Morgan fingerprint density at radius 2 is 1.54 bits per heavy atom. The zero-order chi connectivity index (χ0) is 20.3. The monoisotopic (exact) mass is 383 g/mol. The molecule has 0 bridgehead atoms. The van der Waals surface area contributed by atoms with Crippen LogP contribution in [0.1, 0.15) is 15.9 Å². The number of hydrogen-bond donors (Lipinski definition) is 1. The number of carbonyl (C=O) groups excluding carboxylic acids is 1. The summed E-state index contributed by atoms with van der Waals surface area (Å²) in [5.74, 6) is 1.80. The van der Waals surface area contributed by atoms with Gasteiger partial charge in [-0.2, -0.15) is 5.10 Å². The smallest absolute Gasteiger partial charge is 0.203 e. The second kappa shape index (κ2) is 7.91. The van der Waals surface area contributed by atoms with Crippen LogP contribution in [0.4, 0.5) is 5.82 Å². The van der Waals surface area contributed by atoms with Crippen molar-refractivity contribution in [2.75, 3.05) is 34.2 Å². The van der Waals surface area contributed by atoms with E-state index >= 15 is 0 Å². The molecule has 0 amide bonds. The highest BCUT2D eigenvalue weighted by atomic mass is 16.5. The fourth-order valence-corrected chi connectivity index (χ4v) is 2.83. The van der Waals surface area contributed by atoms with E-state index in [4.69, 9.17) is 24.7 Å². The zero-order valence-corrected chi connectivity index (χ0v) is 16.1. The van der Waals surface area contributed by atoms with E-state index in [9.17, 15) is 4.79 Å². The Morgan fingerprint density at radius 3 is 2.04 bits per heavy atom. The molecule has 0 saturated carbocycles. The van der Waals surface area contributed by atoms with Gasteiger partial charge in [0, 0.05) is 5.56 Å². The second-order valence-electron chi connectivity index (χ2n) is 5.80. The predicted octanol–water partition coefficient (Wildman–Crippen LogP) is 2.72. The summed E-state index contributed by atoms with van der Waals surface area (Å²) < 4.78 is 22.6. The molecule has 2 aromatic carbocycles. The highest BCUT2D eigenvalue weighted by Gasteiger charge is 2.22. The van der Waals surface area contributed by atoms with E-state index in [0.717, 1.165) is 0 Å². The van der Waals surface area contributed by atoms with Crippen molar-refractivity contribution in [2.24, 2.45) is 0 Å². The molecule has 0 fully saturated rings. The number of methoxy groups -OCH3 is 4. The molecular weight excluding hydrogens is 362 g/mol. The number of rotatable bonds is 7. The fourth-order valence-electron chi connectivity index (χ4n) is 2.83. The van der Waals surface area contributed by atoms with Gasteiger partial charge in [0.1, 0.15) is 11.6 Å². The molecule has 8 heteroatoms. The van der Waals surface area contributed by atoms with Crippen LogP contribution in [0.2, 0.25) is 0 Å². The maximum absolute atomic E-state index is 13.0. The van der Waals surface area contributed by atoms with Gasteiger partial charge in [0.2, 0.25) is 5.75 Å². The lowest BCUT2D eigenvalue weighted by Crippen LogP contribution is -2.08. The molecule has 0 unspecified atom stereocenters. The summed E-state index contributed by atoms with van der Waals surface area (Å²) in [4.78, 5) is 13.0. The van der Waals surface area contributed by atoms with E-state index in [0.29, 0.717) is 34.2 Å². The molecule has 1 heterocycles. The Morgan fingerprint density at radius 1 is 0.929 bits per heavy atom. The number of aromatic nitrogens is 2. The van der Waals surface area contributed by atoms with Crippen molar-refractivity contribution in [3.63, 3.8) is 0 Å². The van der Waals surface area contributed by atoms with Crippen LogP contribution in [0.5, 0.6) is 23.0 Å². The molecule has 0 saturated heterocycles. The topological polar surface area (TPSA) is 97.8 Å². The minimum atomic E-state index is -0.309. The molecule has 3 aromatic rings. The van der Waals surface area contributed by atoms with Gasteiger partial charge in [0.15, 0.2) is 17.3 Å². The third-order valence-electron chi connectivity index (χ3n) is 4.29. The average molecular weight is 383 g/mol. The SMILES string of the molecule is COc1ccc(-n2ncc(C(=O)c3cc(OC)c(OC)c(OC)c3)c2N)cc1. The first-order valence-electron chi connectivity index (χ1n) is 8.36. The lowest BCUT2D eigenvalue weighted by Gasteiger charge is -2.13. The van der Waals surface area contributed by atoms with Crippen LogP contribution in [0.3, 0.4) is 0 Å². The predicted molar refractivity (Wildman–Crippen MR) is 104 cm³/mol. The minimum Gasteiger partial charge on any atom is -0.497 e. The van der Waals surface area contributed by atoms with Gasteiger partial charge in [0.05, 0.1) is 45.9 Å². The summed E-state index contributed by atoms with van der Waals surface area (Å²) in [5, 5.41) is 4.25. The van der Waals surface area contributed by atoms with Gasteiger partial charge < -0.3 is 24.7 Å². The van der Waals surface area contributed by atoms with Gasteiger partial charge in [-0.15, -0.1) is 0 Å². The van der Waals surface area contributed by atoms with Gasteiger partial charge in [-0.1, -0.05) is 0 Å². The molecule has 28 heavy (non-hydrogen) atoms. The second-order valence-corrected chi connectivity index (χ2v) is 5.80. The summed E-state index contributed by atoms with van der Waals surface area (Å²) in [6, 6.07) is 10.3. The van der Waals surface area contributed by atoms with E-state index in [-0.39, 0.29) is 17.2 Å². The molecule has 0 aliphatic carbocycles. The number of ether oxygens (including phenoxy) is 4. The Labute approximate surface area is 162 Å². The van der Waals surface area contributed by atoms with E-state index in [2.05, 4.69) is 5.10 Å². The minimum absolute atomic E-state index is 0.226. The van der Waals surface area contributed by atoms with Gasteiger partial charge in [0.25, 0.3) is 0 Å². The number of hydrogen-bond acceptors (Lipinski definition) is 7. The van der Waals surface area contributed by atoms with Crippen LogP contribution < -0.4 is 24.7 Å². The zero-order valence-electron chi connectivity index (χ0n) is 16.1. The molecule has 0 radical (unpaired) electrons. The molecule has 0 spiro atoms. The summed E-state index contributed by atoms with van der Waals surface area (Å²) in [5.41, 5.74) is 7.52. The Kier molecular flexibility index (Phi) is 5.39.